The number of pyridine rings is 1. The van der Waals surface area contributed by atoms with Crippen LogP contribution >= 0.6 is 11.6 Å². The number of anilines is 2. The summed E-state index contributed by atoms with van der Waals surface area (Å²) in [4.78, 5) is 4.48. The highest BCUT2D eigenvalue weighted by atomic mass is 35.5. The van der Waals surface area contributed by atoms with Crippen molar-refractivity contribution in [3.05, 3.63) is 76.5 Å². The molecule has 4 N–H and O–H groups in total. The highest BCUT2D eigenvalue weighted by Gasteiger charge is 2.38. The third-order valence-corrected chi connectivity index (χ3v) is 7.59. The second kappa shape index (κ2) is 9.41. The molecule has 1 saturated heterocycles. The van der Waals surface area contributed by atoms with Crippen molar-refractivity contribution in [2.45, 2.75) is 37.2 Å². The van der Waals surface area contributed by atoms with Crippen molar-refractivity contribution < 1.29 is 4.39 Å². The van der Waals surface area contributed by atoms with Gasteiger partial charge in [0.1, 0.15) is 19.7 Å². The number of benzene rings is 2. The highest BCUT2D eigenvalue weighted by Crippen LogP contribution is 2.38. The van der Waals surface area contributed by atoms with E-state index in [1.54, 1.807) is 18.3 Å². The van der Waals surface area contributed by atoms with E-state index in [1.807, 2.05) is 20.0 Å². The predicted molar refractivity (Wildman–Crippen MR) is 145 cm³/mol. The van der Waals surface area contributed by atoms with Crippen molar-refractivity contribution in [1.82, 2.24) is 26.0 Å². The maximum absolute atomic E-state index is 13.8. The number of hydrogen-bond acceptors (Lipinski definition) is 8. The molecule has 1 unspecified atom stereocenters. The average Bonchev–Trinajstić information content (AvgIpc) is 3.38. The number of hydrazine groups is 3. The summed E-state index contributed by atoms with van der Waals surface area (Å²) in [6, 6.07) is 13.0. The fraction of sp³-hybridized carbons (Fsp3) is 0.308. The van der Waals surface area contributed by atoms with Crippen LogP contribution in [-0.2, 0) is 5.44 Å². The Hall–Kier alpha value is -3.52. The Morgan fingerprint density at radius 3 is 2.65 bits per heavy atom. The van der Waals surface area contributed by atoms with Gasteiger partial charge in [-0.2, -0.15) is 5.26 Å². The molecule has 1 aromatic heterocycles. The van der Waals surface area contributed by atoms with E-state index in [1.165, 1.54) is 12.1 Å². The van der Waals surface area contributed by atoms with Gasteiger partial charge in [-0.15, -0.1) is 5.53 Å². The zero-order chi connectivity index (χ0) is 25.6. The van der Waals surface area contributed by atoms with E-state index in [4.69, 9.17) is 11.6 Å². The van der Waals surface area contributed by atoms with Gasteiger partial charge in [0.2, 0.25) is 0 Å². The van der Waals surface area contributed by atoms with Gasteiger partial charge in [0.15, 0.2) is 0 Å². The largest absolute Gasteiger partial charge is 0.378 e. The lowest BCUT2D eigenvalue weighted by molar-refractivity contribution is 0.260. The SMILES string of the molecule is BC(Nc1cc(Cl)c2ncc(C#N)c(NN3CCCC3)c2c1)(C1=CN(C2CC2)NN1)c1ccc(F)cc1. The first kappa shape index (κ1) is 23.9. The first-order valence-electron chi connectivity index (χ1n) is 12.5. The van der Waals surface area contributed by atoms with Crippen molar-refractivity contribution in [1.29, 1.82) is 5.26 Å². The number of hydrogen-bond donors (Lipinski definition) is 4. The molecular formula is C26H27BClFN8. The quantitative estimate of drug-likeness (QED) is 0.355. The molecule has 2 aromatic carbocycles. The summed E-state index contributed by atoms with van der Waals surface area (Å²) in [6.07, 6.45) is 8.12. The van der Waals surface area contributed by atoms with Gasteiger partial charge in [-0.25, -0.2) is 9.40 Å². The van der Waals surface area contributed by atoms with Gasteiger partial charge in [0.05, 0.1) is 32.9 Å². The summed E-state index contributed by atoms with van der Waals surface area (Å²) in [6.45, 7) is 1.82. The summed E-state index contributed by atoms with van der Waals surface area (Å²) < 4.78 is 13.8. The Morgan fingerprint density at radius 2 is 1.95 bits per heavy atom. The van der Waals surface area contributed by atoms with Gasteiger partial charge in [-0.1, -0.05) is 23.7 Å². The summed E-state index contributed by atoms with van der Waals surface area (Å²) in [7, 11) is 2.04. The van der Waals surface area contributed by atoms with Crippen LogP contribution in [0.25, 0.3) is 10.9 Å². The molecule has 3 aliphatic rings. The molecule has 2 fully saturated rings. The lowest BCUT2D eigenvalue weighted by atomic mass is 9.69. The van der Waals surface area contributed by atoms with Crippen LogP contribution in [-0.4, -0.2) is 42.0 Å². The normalized spacial score (nSPS) is 19.3. The average molecular weight is 517 g/mol. The Labute approximate surface area is 220 Å². The first-order chi connectivity index (χ1) is 17.9. The second-order valence-electron chi connectivity index (χ2n) is 9.99. The molecule has 3 aromatic rings. The van der Waals surface area contributed by atoms with E-state index in [2.05, 4.69) is 49.0 Å². The number of nitrogens with zero attached hydrogens (tertiary/aromatic N) is 4. The number of halogens is 2. The third-order valence-electron chi connectivity index (χ3n) is 7.30. The van der Waals surface area contributed by atoms with Gasteiger partial charge >= 0.3 is 0 Å². The molecule has 0 amide bonds. The smallest absolute Gasteiger partial charge is 0.148 e. The van der Waals surface area contributed by atoms with Crippen molar-refractivity contribution in [2.75, 3.05) is 23.8 Å². The van der Waals surface area contributed by atoms with Gasteiger partial charge in [0.25, 0.3) is 0 Å². The molecule has 1 atom stereocenters. The molecule has 0 radical (unpaired) electrons. The maximum atomic E-state index is 13.8. The number of nitrogens with one attached hydrogen (secondary N) is 4. The minimum Gasteiger partial charge on any atom is -0.378 e. The van der Waals surface area contributed by atoms with E-state index in [0.717, 1.165) is 61.1 Å². The molecule has 0 bridgehead atoms. The fourth-order valence-electron chi connectivity index (χ4n) is 5.02. The van der Waals surface area contributed by atoms with Crippen LogP contribution in [0.3, 0.4) is 0 Å². The van der Waals surface area contributed by atoms with Crippen LogP contribution in [0.2, 0.25) is 5.02 Å². The Kier molecular flexibility index (Phi) is 6.07. The molecular weight excluding hydrogens is 490 g/mol. The van der Waals surface area contributed by atoms with Crippen LogP contribution in [0.4, 0.5) is 15.8 Å². The molecule has 188 valence electrons. The minimum atomic E-state index is -0.746. The minimum absolute atomic E-state index is 0.293. The Bertz CT molecular complexity index is 1410. The number of rotatable bonds is 7. The lowest BCUT2D eigenvalue weighted by Gasteiger charge is -2.34. The first-order valence-corrected chi connectivity index (χ1v) is 12.9. The topological polar surface area (TPSA) is 91.3 Å². The summed E-state index contributed by atoms with van der Waals surface area (Å²) >= 11 is 6.75. The molecule has 1 saturated carbocycles. The lowest BCUT2D eigenvalue weighted by Crippen LogP contribution is -2.45. The van der Waals surface area contributed by atoms with E-state index < -0.39 is 5.44 Å². The van der Waals surface area contributed by atoms with E-state index in [-0.39, 0.29) is 5.82 Å². The summed E-state index contributed by atoms with van der Waals surface area (Å²) in [5.74, 6) is -0.293. The summed E-state index contributed by atoms with van der Waals surface area (Å²) in [5, 5.41) is 18.9. The Balaban J connectivity index is 1.43. The van der Waals surface area contributed by atoms with Gasteiger partial charge < -0.3 is 16.2 Å². The van der Waals surface area contributed by atoms with Crippen LogP contribution in [0.15, 0.2) is 54.5 Å². The molecule has 1 aliphatic carbocycles. The van der Waals surface area contributed by atoms with Crippen molar-refractivity contribution >= 4 is 41.7 Å². The van der Waals surface area contributed by atoms with Gasteiger partial charge in [0, 0.05) is 42.6 Å². The van der Waals surface area contributed by atoms with E-state index in [9.17, 15) is 9.65 Å². The van der Waals surface area contributed by atoms with Crippen molar-refractivity contribution in [2.24, 2.45) is 0 Å². The van der Waals surface area contributed by atoms with Crippen LogP contribution < -0.4 is 21.7 Å². The zero-order valence-electron chi connectivity index (χ0n) is 20.5. The molecule has 6 rings (SSSR count). The zero-order valence-corrected chi connectivity index (χ0v) is 21.2. The molecule has 37 heavy (non-hydrogen) atoms. The van der Waals surface area contributed by atoms with Crippen LogP contribution in [0, 0.1) is 17.1 Å². The second-order valence-corrected chi connectivity index (χ2v) is 10.4. The molecule has 3 heterocycles. The standard InChI is InChI=1S/C26H27BClFN8/c27-26(17-3-5-18(29)6-4-17,23-15-37(35-33-23)20-7-8-20)32-19-11-21-24(34-36-9-1-2-10-36)16(13-30)14-31-25(21)22(28)12-19/h3-6,11-12,14-15,20,32-33,35H,1-2,7-10,27H2,(H,31,34). The molecule has 0 spiro atoms. The van der Waals surface area contributed by atoms with Crippen molar-refractivity contribution in [3.8, 4) is 6.07 Å². The molecule has 11 heteroatoms. The monoisotopic (exact) mass is 516 g/mol. The van der Waals surface area contributed by atoms with E-state index in [0.29, 0.717) is 27.8 Å². The maximum Gasteiger partial charge on any atom is 0.148 e. The molecule has 8 nitrogen and oxygen atoms in total. The Morgan fingerprint density at radius 1 is 1.19 bits per heavy atom. The number of nitriles is 1. The highest BCUT2D eigenvalue weighted by molar-refractivity contribution is 6.36. The third kappa shape index (κ3) is 4.55. The number of aromatic nitrogens is 1. The summed E-state index contributed by atoms with van der Waals surface area (Å²) in [5.41, 5.74) is 13.5. The van der Waals surface area contributed by atoms with Crippen LogP contribution in [0.5, 0.6) is 0 Å². The molecule has 2 aliphatic heterocycles. The van der Waals surface area contributed by atoms with E-state index >= 15 is 0 Å². The van der Waals surface area contributed by atoms with Gasteiger partial charge in [-0.05, 0) is 55.5 Å². The number of fused-ring (bicyclic) bond motifs is 1. The fourth-order valence-corrected chi connectivity index (χ4v) is 5.29. The van der Waals surface area contributed by atoms with Gasteiger partial charge in [-0.3, -0.25) is 9.99 Å². The predicted octanol–water partition coefficient (Wildman–Crippen LogP) is 3.55. The van der Waals surface area contributed by atoms with Crippen molar-refractivity contribution in [3.63, 3.8) is 0 Å². The van der Waals surface area contributed by atoms with Crippen LogP contribution in [0.1, 0.15) is 36.8 Å².